The van der Waals surface area contributed by atoms with E-state index in [-0.39, 0.29) is 18.4 Å². The zero-order valence-electron chi connectivity index (χ0n) is 11.6. The predicted molar refractivity (Wildman–Crippen MR) is 78.6 cm³/mol. The van der Waals surface area contributed by atoms with Gasteiger partial charge in [-0.15, -0.1) is 11.3 Å². The van der Waals surface area contributed by atoms with Crippen molar-refractivity contribution in [3.05, 3.63) is 22.4 Å². The molecule has 2 fully saturated rings. The Bertz CT molecular complexity index is 492. The summed E-state index contributed by atoms with van der Waals surface area (Å²) in [5.41, 5.74) is -0.565. The Kier molecular flexibility index (Phi) is 3.78. The van der Waals surface area contributed by atoms with E-state index < -0.39 is 5.54 Å². The Morgan fingerprint density at radius 1 is 1.25 bits per heavy atom. The van der Waals surface area contributed by atoms with Crippen LogP contribution in [-0.4, -0.2) is 35.3 Å². The summed E-state index contributed by atoms with van der Waals surface area (Å²) in [4.78, 5) is 27.8. The van der Waals surface area contributed by atoms with Crippen LogP contribution >= 0.6 is 11.3 Å². The SMILES string of the molecule is O=C1CNC(=O)C2(CCCCC2)N1CCc1cccs1. The lowest BCUT2D eigenvalue weighted by Gasteiger charge is -2.47. The highest BCUT2D eigenvalue weighted by atomic mass is 32.1. The number of nitrogens with one attached hydrogen (secondary N) is 1. The molecule has 20 heavy (non-hydrogen) atoms. The quantitative estimate of drug-likeness (QED) is 0.926. The Labute approximate surface area is 123 Å². The van der Waals surface area contributed by atoms with Crippen molar-refractivity contribution in [1.82, 2.24) is 10.2 Å². The lowest BCUT2D eigenvalue weighted by molar-refractivity contribution is -0.156. The molecule has 108 valence electrons. The van der Waals surface area contributed by atoms with Crippen LogP contribution in [0, 0.1) is 0 Å². The molecule has 1 saturated carbocycles. The van der Waals surface area contributed by atoms with Crippen molar-refractivity contribution in [1.29, 1.82) is 0 Å². The molecule has 2 amide bonds. The monoisotopic (exact) mass is 292 g/mol. The number of nitrogens with zero attached hydrogens (tertiary/aromatic N) is 1. The highest BCUT2D eigenvalue weighted by Crippen LogP contribution is 2.35. The largest absolute Gasteiger partial charge is 0.345 e. The third-order valence-corrected chi connectivity index (χ3v) is 5.42. The lowest BCUT2D eigenvalue weighted by atomic mass is 9.78. The van der Waals surface area contributed by atoms with Crippen molar-refractivity contribution in [2.45, 2.75) is 44.1 Å². The maximum Gasteiger partial charge on any atom is 0.246 e. The summed E-state index contributed by atoms with van der Waals surface area (Å²) in [6.07, 6.45) is 5.72. The van der Waals surface area contributed by atoms with E-state index in [0.717, 1.165) is 32.1 Å². The van der Waals surface area contributed by atoms with Gasteiger partial charge in [0, 0.05) is 11.4 Å². The smallest absolute Gasteiger partial charge is 0.246 e. The molecule has 0 radical (unpaired) electrons. The Balaban J connectivity index is 1.79. The predicted octanol–water partition coefficient (Wildman–Crippen LogP) is 1.95. The van der Waals surface area contributed by atoms with Crippen LogP contribution in [0.3, 0.4) is 0 Å². The van der Waals surface area contributed by atoms with Gasteiger partial charge in [-0.05, 0) is 30.7 Å². The highest BCUT2D eigenvalue weighted by Gasteiger charge is 2.49. The first-order valence-electron chi connectivity index (χ1n) is 7.33. The standard InChI is InChI=1S/C15H20N2O2S/c18-13-11-16-14(19)15(7-2-1-3-8-15)17(13)9-6-12-5-4-10-20-12/h4-5,10H,1-3,6-9,11H2,(H,16,19). The van der Waals surface area contributed by atoms with Crippen LogP contribution in [0.2, 0.25) is 0 Å². The van der Waals surface area contributed by atoms with Crippen molar-refractivity contribution in [2.24, 2.45) is 0 Å². The zero-order chi connectivity index (χ0) is 14.0. The third kappa shape index (κ3) is 2.35. The van der Waals surface area contributed by atoms with Gasteiger partial charge < -0.3 is 10.2 Å². The maximum atomic E-state index is 12.4. The number of hydrogen-bond acceptors (Lipinski definition) is 3. The van der Waals surface area contributed by atoms with Gasteiger partial charge in [0.2, 0.25) is 11.8 Å². The topological polar surface area (TPSA) is 49.4 Å². The molecule has 5 heteroatoms. The van der Waals surface area contributed by atoms with Crippen LogP contribution in [0.25, 0.3) is 0 Å². The van der Waals surface area contributed by atoms with Gasteiger partial charge in [-0.3, -0.25) is 9.59 Å². The van der Waals surface area contributed by atoms with Crippen molar-refractivity contribution in [3.63, 3.8) is 0 Å². The van der Waals surface area contributed by atoms with Gasteiger partial charge in [-0.1, -0.05) is 25.3 Å². The summed E-state index contributed by atoms with van der Waals surface area (Å²) in [6, 6.07) is 4.12. The molecular weight excluding hydrogens is 272 g/mol. The normalized spacial score (nSPS) is 22.1. The average molecular weight is 292 g/mol. The first-order chi connectivity index (χ1) is 9.72. The van der Waals surface area contributed by atoms with Crippen LogP contribution in [0.1, 0.15) is 37.0 Å². The molecule has 1 spiro atoms. The molecule has 1 aliphatic heterocycles. The van der Waals surface area contributed by atoms with E-state index in [1.54, 1.807) is 11.3 Å². The Morgan fingerprint density at radius 2 is 2.05 bits per heavy atom. The van der Waals surface area contributed by atoms with Crippen molar-refractivity contribution in [2.75, 3.05) is 13.1 Å². The van der Waals surface area contributed by atoms with Gasteiger partial charge in [0.05, 0.1) is 6.54 Å². The molecule has 4 nitrogen and oxygen atoms in total. The minimum atomic E-state index is -0.565. The molecule has 2 aliphatic rings. The number of amides is 2. The molecule has 1 aliphatic carbocycles. The molecule has 0 unspecified atom stereocenters. The summed E-state index contributed by atoms with van der Waals surface area (Å²) in [5, 5.41) is 4.84. The summed E-state index contributed by atoms with van der Waals surface area (Å²) >= 11 is 1.71. The van der Waals surface area contributed by atoms with E-state index in [1.165, 1.54) is 11.3 Å². The number of hydrogen-bond donors (Lipinski definition) is 1. The fourth-order valence-electron chi connectivity index (χ4n) is 3.43. The highest BCUT2D eigenvalue weighted by molar-refractivity contribution is 7.09. The molecule has 2 heterocycles. The van der Waals surface area contributed by atoms with E-state index in [9.17, 15) is 9.59 Å². The minimum Gasteiger partial charge on any atom is -0.345 e. The molecule has 3 rings (SSSR count). The average Bonchev–Trinajstić information content (AvgIpc) is 2.98. The summed E-state index contributed by atoms with van der Waals surface area (Å²) in [5.74, 6) is 0.131. The number of carbonyl (C=O) groups is 2. The van der Waals surface area contributed by atoms with Gasteiger partial charge >= 0.3 is 0 Å². The molecule has 1 aromatic rings. The maximum absolute atomic E-state index is 12.4. The number of rotatable bonds is 3. The van der Waals surface area contributed by atoms with E-state index >= 15 is 0 Å². The minimum absolute atomic E-state index is 0.0583. The molecule has 1 saturated heterocycles. The van der Waals surface area contributed by atoms with Gasteiger partial charge in [-0.25, -0.2) is 0 Å². The lowest BCUT2D eigenvalue weighted by Crippen LogP contribution is -2.68. The van der Waals surface area contributed by atoms with Crippen LogP contribution in [0.4, 0.5) is 0 Å². The molecule has 0 aromatic carbocycles. The van der Waals surface area contributed by atoms with Crippen molar-refractivity contribution in [3.8, 4) is 0 Å². The van der Waals surface area contributed by atoms with Crippen LogP contribution in [-0.2, 0) is 16.0 Å². The zero-order valence-corrected chi connectivity index (χ0v) is 12.4. The second-order valence-corrected chi connectivity index (χ2v) is 6.68. The fourth-order valence-corrected chi connectivity index (χ4v) is 4.12. The summed E-state index contributed by atoms with van der Waals surface area (Å²) in [7, 11) is 0. The second-order valence-electron chi connectivity index (χ2n) is 5.65. The number of piperazine rings is 1. The van der Waals surface area contributed by atoms with Gasteiger partial charge in [0.15, 0.2) is 0 Å². The Morgan fingerprint density at radius 3 is 2.75 bits per heavy atom. The van der Waals surface area contributed by atoms with Crippen LogP contribution < -0.4 is 5.32 Å². The summed E-state index contributed by atoms with van der Waals surface area (Å²) in [6.45, 7) is 0.817. The molecule has 1 aromatic heterocycles. The van der Waals surface area contributed by atoms with Gasteiger partial charge in [-0.2, -0.15) is 0 Å². The number of carbonyl (C=O) groups excluding carboxylic acids is 2. The van der Waals surface area contributed by atoms with Crippen LogP contribution in [0.15, 0.2) is 17.5 Å². The molecule has 1 N–H and O–H groups in total. The first-order valence-corrected chi connectivity index (χ1v) is 8.21. The summed E-state index contributed by atoms with van der Waals surface area (Å²) < 4.78 is 0. The van der Waals surface area contributed by atoms with Crippen LogP contribution in [0.5, 0.6) is 0 Å². The Hall–Kier alpha value is -1.36. The number of thiophene rings is 1. The van der Waals surface area contributed by atoms with Crippen molar-refractivity contribution < 1.29 is 9.59 Å². The third-order valence-electron chi connectivity index (χ3n) is 4.48. The molecular formula is C15H20N2O2S. The fraction of sp³-hybridized carbons (Fsp3) is 0.600. The van der Waals surface area contributed by atoms with E-state index in [4.69, 9.17) is 0 Å². The van der Waals surface area contributed by atoms with Gasteiger partial charge in [0.1, 0.15) is 5.54 Å². The second kappa shape index (κ2) is 5.56. The first kappa shape index (κ1) is 13.6. The van der Waals surface area contributed by atoms with E-state index in [0.29, 0.717) is 6.54 Å². The van der Waals surface area contributed by atoms with Crippen molar-refractivity contribution >= 4 is 23.2 Å². The van der Waals surface area contributed by atoms with E-state index in [2.05, 4.69) is 16.8 Å². The molecule has 0 bridgehead atoms. The molecule has 0 atom stereocenters. The van der Waals surface area contributed by atoms with E-state index in [1.807, 2.05) is 11.0 Å². The van der Waals surface area contributed by atoms with Gasteiger partial charge in [0.25, 0.3) is 0 Å².